The molecule has 0 atom stereocenters. The van der Waals surface area contributed by atoms with Crippen molar-refractivity contribution in [3.63, 3.8) is 0 Å². The summed E-state index contributed by atoms with van der Waals surface area (Å²) in [5.74, 6) is -3.94. The van der Waals surface area contributed by atoms with Crippen LogP contribution in [-0.4, -0.2) is 36.2 Å². The molecule has 0 heterocycles. The molecule has 0 aliphatic heterocycles. The van der Waals surface area contributed by atoms with Crippen molar-refractivity contribution in [2.24, 2.45) is 5.92 Å². The number of hydrogen-bond acceptors (Lipinski definition) is 6. The Morgan fingerprint density at radius 1 is 0.325 bits per heavy atom. The Labute approximate surface area is 244 Å². The Morgan fingerprint density at radius 3 is 0.700 bits per heavy atom. The second-order valence-electron chi connectivity index (χ2n) is 12.8. The van der Waals surface area contributed by atoms with Gasteiger partial charge in [0.1, 0.15) is 18.3 Å². The average Bonchev–Trinajstić information content (AvgIpc) is 2.95. The molecule has 6 nitrogen and oxygen atoms in total. The zero-order valence-electron chi connectivity index (χ0n) is 25.4. The maximum Gasteiger partial charge on any atom is 0.332 e. The second kappa shape index (κ2) is 20.3. The largest absolute Gasteiger partial charge is 0.461 e. The number of carbonyl (C=O) groups excluding carboxylic acids is 3. The predicted octanol–water partition coefficient (Wildman–Crippen LogP) is 8.91. The van der Waals surface area contributed by atoms with E-state index in [0.717, 1.165) is 116 Å². The maximum absolute atomic E-state index is 13.6. The van der Waals surface area contributed by atoms with Crippen molar-refractivity contribution >= 4 is 17.9 Å². The highest BCUT2D eigenvalue weighted by Crippen LogP contribution is 2.25. The van der Waals surface area contributed by atoms with E-state index in [2.05, 4.69) is 0 Å². The van der Waals surface area contributed by atoms with Crippen LogP contribution in [0.25, 0.3) is 0 Å². The summed E-state index contributed by atoms with van der Waals surface area (Å²) in [7, 11) is 0. The van der Waals surface area contributed by atoms with Crippen molar-refractivity contribution < 1.29 is 28.6 Å². The first-order valence-electron chi connectivity index (χ1n) is 17.2. The fourth-order valence-corrected chi connectivity index (χ4v) is 6.66. The van der Waals surface area contributed by atoms with Gasteiger partial charge >= 0.3 is 17.9 Å². The Morgan fingerprint density at radius 2 is 0.500 bits per heavy atom. The molecule has 0 bridgehead atoms. The summed E-state index contributed by atoms with van der Waals surface area (Å²) in [5, 5.41) is 0. The van der Waals surface area contributed by atoms with E-state index in [9.17, 15) is 14.4 Å². The molecule has 0 radical (unpaired) electrons. The molecular weight excluding hydrogens is 504 g/mol. The first-order valence-corrected chi connectivity index (χ1v) is 17.2. The van der Waals surface area contributed by atoms with Gasteiger partial charge in [0.15, 0.2) is 0 Å². The van der Waals surface area contributed by atoms with Gasteiger partial charge in [-0.15, -0.1) is 0 Å². The third kappa shape index (κ3) is 13.4. The van der Waals surface area contributed by atoms with Crippen molar-refractivity contribution in [1.29, 1.82) is 0 Å². The minimum atomic E-state index is -1.64. The molecule has 0 unspecified atom stereocenters. The van der Waals surface area contributed by atoms with Gasteiger partial charge in [-0.3, -0.25) is 14.4 Å². The Bertz CT molecular complexity index is 596. The number of rotatable bonds is 6. The van der Waals surface area contributed by atoms with Gasteiger partial charge in [0, 0.05) is 0 Å². The summed E-state index contributed by atoms with van der Waals surface area (Å²) in [6.07, 6.45) is 27.8. The maximum atomic E-state index is 13.6. The molecule has 3 fully saturated rings. The zero-order valence-corrected chi connectivity index (χ0v) is 25.4. The van der Waals surface area contributed by atoms with E-state index in [0.29, 0.717) is 0 Å². The summed E-state index contributed by atoms with van der Waals surface area (Å²) in [4.78, 5) is 40.7. The molecule has 40 heavy (non-hydrogen) atoms. The van der Waals surface area contributed by atoms with Gasteiger partial charge in [-0.05, 0) is 77.0 Å². The lowest BCUT2D eigenvalue weighted by atomic mass is 9.98. The van der Waals surface area contributed by atoms with Crippen LogP contribution in [0.15, 0.2) is 0 Å². The summed E-state index contributed by atoms with van der Waals surface area (Å²) in [5.41, 5.74) is 0. The van der Waals surface area contributed by atoms with E-state index in [1.165, 1.54) is 57.8 Å². The smallest absolute Gasteiger partial charge is 0.332 e. The Kier molecular flexibility index (Phi) is 16.7. The Balaban J connectivity index is 1.68. The van der Waals surface area contributed by atoms with Crippen LogP contribution in [0, 0.1) is 5.92 Å². The fraction of sp³-hybridized carbons (Fsp3) is 0.912. The van der Waals surface area contributed by atoms with Gasteiger partial charge in [-0.25, -0.2) is 0 Å². The highest BCUT2D eigenvalue weighted by molar-refractivity contribution is 6.12. The molecule has 3 saturated carbocycles. The number of ether oxygens (including phenoxy) is 3. The molecule has 230 valence electrons. The molecule has 3 rings (SSSR count). The van der Waals surface area contributed by atoms with Crippen LogP contribution >= 0.6 is 0 Å². The van der Waals surface area contributed by atoms with Gasteiger partial charge in [-0.2, -0.15) is 0 Å². The normalized spacial score (nSPS) is 23.0. The second-order valence-corrected chi connectivity index (χ2v) is 12.8. The topological polar surface area (TPSA) is 78.9 Å². The fourth-order valence-electron chi connectivity index (χ4n) is 6.66. The molecule has 3 aliphatic carbocycles. The van der Waals surface area contributed by atoms with Crippen LogP contribution in [-0.2, 0) is 28.6 Å². The number of carbonyl (C=O) groups is 3. The first kappa shape index (κ1) is 32.9. The van der Waals surface area contributed by atoms with Gasteiger partial charge in [-0.1, -0.05) is 96.3 Å². The summed E-state index contributed by atoms with van der Waals surface area (Å²) in [6, 6.07) is 0. The van der Waals surface area contributed by atoms with Crippen LogP contribution in [0.3, 0.4) is 0 Å². The number of hydrogen-bond donors (Lipinski definition) is 0. The van der Waals surface area contributed by atoms with E-state index >= 15 is 0 Å². The van der Waals surface area contributed by atoms with Crippen molar-refractivity contribution in [3.8, 4) is 0 Å². The SMILES string of the molecule is O=C(OC1CCCCCCCCC1)C(C(=O)OC1CCCCCCCCC1)C(=O)OC1CCCCCCCCC1. The molecule has 0 N–H and O–H groups in total. The van der Waals surface area contributed by atoms with E-state index in [1.54, 1.807) is 0 Å². The van der Waals surface area contributed by atoms with Gasteiger partial charge in [0.25, 0.3) is 5.92 Å². The lowest BCUT2D eigenvalue weighted by molar-refractivity contribution is -0.179. The van der Waals surface area contributed by atoms with E-state index in [-0.39, 0.29) is 18.3 Å². The average molecular weight is 563 g/mol. The first-order chi connectivity index (χ1) is 19.6. The third-order valence-corrected chi connectivity index (χ3v) is 9.21. The van der Waals surface area contributed by atoms with Crippen molar-refractivity contribution in [1.82, 2.24) is 0 Å². The summed E-state index contributed by atoms with van der Waals surface area (Å²) < 4.78 is 17.8. The lowest BCUT2D eigenvalue weighted by Gasteiger charge is -2.25. The van der Waals surface area contributed by atoms with E-state index in [4.69, 9.17) is 14.2 Å². The molecule has 3 aliphatic rings. The highest BCUT2D eigenvalue weighted by Gasteiger charge is 2.41. The van der Waals surface area contributed by atoms with Gasteiger partial charge in [0.05, 0.1) is 0 Å². The molecule has 6 heteroatoms. The monoisotopic (exact) mass is 562 g/mol. The minimum absolute atomic E-state index is 0.254. The van der Waals surface area contributed by atoms with Crippen LogP contribution in [0.2, 0.25) is 0 Å². The van der Waals surface area contributed by atoms with Crippen LogP contribution in [0.5, 0.6) is 0 Å². The molecular formula is C34H58O6. The van der Waals surface area contributed by atoms with Crippen LogP contribution in [0.4, 0.5) is 0 Å². The van der Waals surface area contributed by atoms with Crippen molar-refractivity contribution in [3.05, 3.63) is 0 Å². The molecule has 0 saturated heterocycles. The molecule has 0 spiro atoms. The predicted molar refractivity (Wildman–Crippen MR) is 158 cm³/mol. The van der Waals surface area contributed by atoms with Crippen molar-refractivity contribution in [2.75, 3.05) is 0 Å². The highest BCUT2D eigenvalue weighted by atomic mass is 16.6. The van der Waals surface area contributed by atoms with Gasteiger partial charge < -0.3 is 14.2 Å². The molecule has 0 aromatic rings. The van der Waals surface area contributed by atoms with Gasteiger partial charge in [0.2, 0.25) is 0 Å². The standard InChI is InChI=1S/C34H58O6/c35-32(38-28-22-16-10-4-1-5-11-17-23-28)31(33(36)39-29-24-18-12-6-2-7-13-19-25-29)34(37)40-30-26-20-14-8-3-9-15-21-27-30/h28-31H,1-27H2. The third-order valence-electron chi connectivity index (χ3n) is 9.21. The lowest BCUT2D eigenvalue weighted by Crippen LogP contribution is -2.40. The van der Waals surface area contributed by atoms with Crippen LogP contribution < -0.4 is 0 Å². The van der Waals surface area contributed by atoms with E-state index < -0.39 is 23.8 Å². The molecule has 0 aromatic heterocycles. The quantitative estimate of drug-likeness (QED) is 0.183. The Hall–Kier alpha value is -1.59. The molecule has 0 amide bonds. The summed E-state index contributed by atoms with van der Waals surface area (Å²) >= 11 is 0. The minimum Gasteiger partial charge on any atom is -0.461 e. The zero-order chi connectivity index (χ0) is 28.3. The molecule has 0 aromatic carbocycles. The summed E-state index contributed by atoms with van der Waals surface area (Å²) in [6.45, 7) is 0. The van der Waals surface area contributed by atoms with Crippen LogP contribution in [0.1, 0.15) is 173 Å². The van der Waals surface area contributed by atoms with E-state index in [1.807, 2.05) is 0 Å². The van der Waals surface area contributed by atoms with Crippen molar-refractivity contribution in [2.45, 2.75) is 192 Å². The number of esters is 3.